The number of aromatic nitrogens is 3. The second-order valence-corrected chi connectivity index (χ2v) is 4.60. The van der Waals surface area contributed by atoms with Crippen LogP contribution in [0.15, 0.2) is 6.33 Å². The summed E-state index contributed by atoms with van der Waals surface area (Å²) in [4.78, 5) is 26.1. The van der Waals surface area contributed by atoms with Gasteiger partial charge < -0.3 is 10.4 Å². The molecular weight excluding hydrogens is 236 g/mol. The summed E-state index contributed by atoms with van der Waals surface area (Å²) < 4.78 is 0. The minimum atomic E-state index is -0.709. The highest BCUT2D eigenvalue weighted by atomic mass is 16.4. The summed E-state index contributed by atoms with van der Waals surface area (Å²) in [5, 5.41) is 17.8. The van der Waals surface area contributed by atoms with Gasteiger partial charge in [0.2, 0.25) is 5.82 Å². The summed E-state index contributed by atoms with van der Waals surface area (Å²) in [6, 6.07) is 0. The normalized spacial score (nSPS) is 23.6. The highest BCUT2D eigenvalue weighted by molar-refractivity contribution is 5.90. The van der Waals surface area contributed by atoms with Gasteiger partial charge in [-0.1, -0.05) is 0 Å². The monoisotopic (exact) mass is 252 g/mol. The average molecular weight is 252 g/mol. The molecule has 98 valence electrons. The van der Waals surface area contributed by atoms with Gasteiger partial charge in [0.15, 0.2) is 0 Å². The van der Waals surface area contributed by atoms with E-state index >= 15 is 0 Å². The summed E-state index contributed by atoms with van der Waals surface area (Å²) in [7, 11) is 0. The van der Waals surface area contributed by atoms with Crippen molar-refractivity contribution in [2.45, 2.75) is 25.7 Å². The fraction of sp³-hybridized carbons (Fsp3) is 0.636. The fourth-order valence-corrected chi connectivity index (χ4v) is 2.25. The highest BCUT2D eigenvalue weighted by Crippen LogP contribution is 2.28. The lowest BCUT2D eigenvalue weighted by Gasteiger charge is -2.25. The molecule has 1 fully saturated rings. The van der Waals surface area contributed by atoms with Crippen LogP contribution < -0.4 is 5.32 Å². The van der Waals surface area contributed by atoms with Crippen LogP contribution in [-0.4, -0.2) is 38.7 Å². The summed E-state index contributed by atoms with van der Waals surface area (Å²) in [5.41, 5.74) is 0. The van der Waals surface area contributed by atoms with Crippen LogP contribution in [0.5, 0.6) is 0 Å². The number of hydrogen-bond donors (Lipinski definition) is 3. The summed E-state index contributed by atoms with van der Waals surface area (Å²) in [6.07, 6.45) is 4.35. The molecule has 7 nitrogen and oxygen atoms in total. The molecule has 0 bridgehead atoms. The van der Waals surface area contributed by atoms with Crippen molar-refractivity contribution in [3.05, 3.63) is 12.2 Å². The van der Waals surface area contributed by atoms with Crippen molar-refractivity contribution in [3.8, 4) is 0 Å². The molecule has 1 saturated carbocycles. The minimum Gasteiger partial charge on any atom is -0.481 e. The standard InChI is InChI=1S/C11H16N4O3/c16-10(9-13-6-14-15-9)12-5-7-1-3-8(4-2-7)11(17)18/h6-8H,1-5H2,(H,12,16)(H,17,18)(H,13,14,15). The van der Waals surface area contributed by atoms with E-state index in [0.717, 1.165) is 12.8 Å². The molecule has 0 atom stereocenters. The van der Waals surface area contributed by atoms with Crippen LogP contribution in [0.25, 0.3) is 0 Å². The van der Waals surface area contributed by atoms with E-state index in [-0.39, 0.29) is 17.6 Å². The number of nitrogens with one attached hydrogen (secondary N) is 2. The zero-order chi connectivity index (χ0) is 13.0. The Morgan fingerprint density at radius 1 is 1.39 bits per heavy atom. The van der Waals surface area contributed by atoms with Gasteiger partial charge in [-0.05, 0) is 31.6 Å². The smallest absolute Gasteiger partial charge is 0.306 e. The number of amides is 1. The van der Waals surface area contributed by atoms with Crippen molar-refractivity contribution < 1.29 is 14.7 Å². The Morgan fingerprint density at radius 3 is 2.67 bits per heavy atom. The molecule has 3 N–H and O–H groups in total. The van der Waals surface area contributed by atoms with E-state index in [1.165, 1.54) is 6.33 Å². The number of carboxylic acid groups (broad SMARTS) is 1. The van der Waals surface area contributed by atoms with Crippen LogP contribution in [0, 0.1) is 11.8 Å². The maximum atomic E-state index is 11.6. The first-order chi connectivity index (χ1) is 8.66. The van der Waals surface area contributed by atoms with Gasteiger partial charge in [-0.25, -0.2) is 4.98 Å². The predicted molar refractivity (Wildman–Crippen MR) is 61.8 cm³/mol. The Kier molecular flexibility index (Phi) is 3.91. The topological polar surface area (TPSA) is 108 Å². The van der Waals surface area contributed by atoms with Gasteiger partial charge in [0, 0.05) is 6.54 Å². The molecule has 0 aliphatic heterocycles. The lowest BCUT2D eigenvalue weighted by Crippen LogP contribution is -2.32. The van der Waals surface area contributed by atoms with Crippen LogP contribution in [0.1, 0.15) is 36.3 Å². The zero-order valence-corrected chi connectivity index (χ0v) is 9.93. The number of H-pyrrole nitrogens is 1. The molecule has 18 heavy (non-hydrogen) atoms. The number of carbonyl (C=O) groups is 2. The average Bonchev–Trinajstić information content (AvgIpc) is 2.90. The van der Waals surface area contributed by atoms with Crippen molar-refractivity contribution in [3.63, 3.8) is 0 Å². The van der Waals surface area contributed by atoms with Gasteiger partial charge >= 0.3 is 5.97 Å². The number of nitrogens with zero attached hydrogens (tertiary/aromatic N) is 2. The molecule has 0 radical (unpaired) electrons. The van der Waals surface area contributed by atoms with Crippen molar-refractivity contribution in [2.24, 2.45) is 11.8 Å². The van der Waals surface area contributed by atoms with Crippen LogP contribution in [0.2, 0.25) is 0 Å². The maximum Gasteiger partial charge on any atom is 0.306 e. The van der Waals surface area contributed by atoms with Gasteiger partial charge in [-0.2, -0.15) is 5.10 Å². The lowest BCUT2D eigenvalue weighted by atomic mass is 9.82. The van der Waals surface area contributed by atoms with Gasteiger partial charge in [-0.15, -0.1) is 0 Å². The van der Waals surface area contributed by atoms with E-state index in [4.69, 9.17) is 5.11 Å². The molecule has 0 saturated heterocycles. The second-order valence-electron chi connectivity index (χ2n) is 4.60. The molecule has 1 heterocycles. The molecule has 2 rings (SSSR count). The van der Waals surface area contributed by atoms with E-state index in [2.05, 4.69) is 20.5 Å². The molecule has 1 aliphatic rings. The highest BCUT2D eigenvalue weighted by Gasteiger charge is 2.26. The Morgan fingerprint density at radius 2 is 2.11 bits per heavy atom. The minimum absolute atomic E-state index is 0.203. The first-order valence-electron chi connectivity index (χ1n) is 6.03. The molecular formula is C11H16N4O3. The van der Waals surface area contributed by atoms with Crippen LogP contribution in [-0.2, 0) is 4.79 Å². The van der Waals surface area contributed by atoms with E-state index in [9.17, 15) is 9.59 Å². The molecule has 1 aromatic rings. The molecule has 1 amide bonds. The summed E-state index contributed by atoms with van der Waals surface area (Å²) >= 11 is 0. The van der Waals surface area contributed by atoms with Crippen LogP contribution >= 0.6 is 0 Å². The predicted octanol–water partition coefficient (Wildman–Crippen LogP) is 0.425. The third-order valence-corrected chi connectivity index (χ3v) is 3.38. The number of aliphatic carboxylic acids is 1. The summed E-state index contributed by atoms with van der Waals surface area (Å²) in [5.74, 6) is -0.639. The molecule has 7 heteroatoms. The van der Waals surface area contributed by atoms with Crippen molar-refractivity contribution in [1.29, 1.82) is 0 Å². The van der Waals surface area contributed by atoms with Crippen molar-refractivity contribution in [1.82, 2.24) is 20.5 Å². The summed E-state index contributed by atoms with van der Waals surface area (Å²) in [6.45, 7) is 0.561. The van der Waals surface area contributed by atoms with Crippen molar-refractivity contribution >= 4 is 11.9 Å². The Hall–Kier alpha value is -1.92. The maximum absolute atomic E-state index is 11.6. The Bertz CT molecular complexity index is 410. The fourth-order valence-electron chi connectivity index (χ4n) is 2.25. The zero-order valence-electron chi connectivity index (χ0n) is 9.93. The second kappa shape index (κ2) is 5.61. The SMILES string of the molecule is O=C(NCC1CCC(C(=O)O)CC1)c1ncn[nH]1. The lowest BCUT2D eigenvalue weighted by molar-refractivity contribution is -0.143. The van der Waals surface area contributed by atoms with Gasteiger partial charge in [0.1, 0.15) is 6.33 Å². The Balaban J connectivity index is 1.72. The van der Waals surface area contributed by atoms with Crippen LogP contribution in [0.4, 0.5) is 0 Å². The van der Waals surface area contributed by atoms with Gasteiger partial charge in [0.25, 0.3) is 5.91 Å². The van der Waals surface area contributed by atoms with E-state index in [1.807, 2.05) is 0 Å². The van der Waals surface area contributed by atoms with E-state index in [1.54, 1.807) is 0 Å². The molecule has 0 aromatic carbocycles. The first kappa shape index (κ1) is 12.5. The molecule has 0 unspecified atom stereocenters. The number of carboxylic acids is 1. The van der Waals surface area contributed by atoms with E-state index in [0.29, 0.717) is 25.3 Å². The van der Waals surface area contributed by atoms with Gasteiger partial charge in [0.05, 0.1) is 5.92 Å². The Labute approximate surface area is 104 Å². The van der Waals surface area contributed by atoms with Crippen LogP contribution in [0.3, 0.4) is 0 Å². The third kappa shape index (κ3) is 3.06. The quantitative estimate of drug-likeness (QED) is 0.720. The molecule has 0 spiro atoms. The third-order valence-electron chi connectivity index (χ3n) is 3.38. The molecule has 1 aromatic heterocycles. The van der Waals surface area contributed by atoms with E-state index < -0.39 is 5.97 Å². The number of rotatable bonds is 4. The molecule has 1 aliphatic carbocycles. The largest absolute Gasteiger partial charge is 0.481 e. The first-order valence-corrected chi connectivity index (χ1v) is 6.03. The van der Waals surface area contributed by atoms with Crippen molar-refractivity contribution in [2.75, 3.05) is 6.54 Å². The number of carbonyl (C=O) groups excluding carboxylic acids is 1. The number of aromatic amines is 1. The number of hydrogen-bond acceptors (Lipinski definition) is 4. The van der Waals surface area contributed by atoms with Gasteiger partial charge in [-0.3, -0.25) is 14.7 Å².